The molecule has 21 heavy (non-hydrogen) atoms. The third kappa shape index (κ3) is 1.73. The highest BCUT2D eigenvalue weighted by molar-refractivity contribution is 6.31. The second kappa shape index (κ2) is 4.27. The van der Waals surface area contributed by atoms with E-state index in [2.05, 4.69) is 9.97 Å². The van der Waals surface area contributed by atoms with Crippen molar-refractivity contribution in [2.75, 3.05) is 0 Å². The van der Waals surface area contributed by atoms with E-state index in [0.29, 0.717) is 16.3 Å². The van der Waals surface area contributed by atoms with Crippen LogP contribution in [0.2, 0.25) is 5.02 Å². The lowest BCUT2D eigenvalue weighted by molar-refractivity contribution is 0.582. The zero-order valence-corrected chi connectivity index (χ0v) is 11.9. The maximum atomic E-state index is 12.2. The van der Waals surface area contributed by atoms with Crippen LogP contribution in [0, 0.1) is 6.92 Å². The van der Waals surface area contributed by atoms with Crippen molar-refractivity contribution in [2.45, 2.75) is 6.92 Å². The number of aromatic nitrogens is 2. The number of rotatable bonds is 1. The van der Waals surface area contributed by atoms with Gasteiger partial charge in [-0.3, -0.25) is 4.79 Å². The van der Waals surface area contributed by atoms with Crippen LogP contribution in [0.1, 0.15) is 5.56 Å². The van der Waals surface area contributed by atoms with E-state index in [1.54, 1.807) is 19.3 Å². The smallest absolute Gasteiger partial charge is 0.252 e. The SMILES string of the molecule is Cc1c(-c2ccco2)c2[nH]c3ccc(Cl)cc3c2[nH]c1=O. The molecule has 5 heteroatoms. The maximum Gasteiger partial charge on any atom is 0.252 e. The molecule has 2 N–H and O–H groups in total. The number of hydrogen-bond donors (Lipinski definition) is 2. The van der Waals surface area contributed by atoms with Crippen LogP contribution in [-0.4, -0.2) is 9.97 Å². The first-order chi connectivity index (χ1) is 10.1. The lowest BCUT2D eigenvalue weighted by Gasteiger charge is -2.04. The minimum atomic E-state index is -0.130. The third-order valence-electron chi connectivity index (χ3n) is 3.73. The van der Waals surface area contributed by atoms with E-state index in [-0.39, 0.29) is 5.56 Å². The summed E-state index contributed by atoms with van der Waals surface area (Å²) in [5, 5.41) is 1.52. The minimum absolute atomic E-state index is 0.130. The highest BCUT2D eigenvalue weighted by Crippen LogP contribution is 2.33. The molecule has 0 bridgehead atoms. The predicted octanol–water partition coefficient (Wildman–Crippen LogP) is 4.23. The Hall–Kier alpha value is -2.46. The highest BCUT2D eigenvalue weighted by atomic mass is 35.5. The largest absolute Gasteiger partial charge is 0.464 e. The highest BCUT2D eigenvalue weighted by Gasteiger charge is 2.17. The van der Waals surface area contributed by atoms with Gasteiger partial charge in [0.15, 0.2) is 0 Å². The number of halogens is 1. The van der Waals surface area contributed by atoms with Crippen molar-refractivity contribution in [3.63, 3.8) is 0 Å². The Labute approximate surface area is 124 Å². The van der Waals surface area contributed by atoms with Crippen molar-refractivity contribution >= 4 is 33.5 Å². The van der Waals surface area contributed by atoms with Crippen molar-refractivity contribution < 1.29 is 4.42 Å². The molecule has 0 spiro atoms. The average Bonchev–Trinajstić information content (AvgIpc) is 3.08. The standard InChI is InChI=1S/C16H11ClN2O2/c1-8-13(12-3-2-6-21-12)15-14(19-16(8)20)10-7-9(17)4-5-11(10)18-15/h2-7,18H,1H3,(H,19,20). The van der Waals surface area contributed by atoms with Gasteiger partial charge in [0.25, 0.3) is 5.56 Å². The predicted molar refractivity (Wildman–Crippen MR) is 83.9 cm³/mol. The molecule has 104 valence electrons. The summed E-state index contributed by atoms with van der Waals surface area (Å²) in [5.41, 5.74) is 3.79. The van der Waals surface area contributed by atoms with E-state index in [1.165, 1.54) is 0 Å². The lowest BCUT2D eigenvalue weighted by atomic mass is 10.1. The molecular weight excluding hydrogens is 288 g/mol. The number of H-pyrrole nitrogens is 2. The van der Waals surface area contributed by atoms with Gasteiger partial charge in [-0.25, -0.2) is 0 Å². The van der Waals surface area contributed by atoms with Crippen molar-refractivity contribution in [3.05, 3.63) is 57.5 Å². The summed E-state index contributed by atoms with van der Waals surface area (Å²) in [7, 11) is 0. The van der Waals surface area contributed by atoms with E-state index in [9.17, 15) is 4.79 Å². The zero-order valence-electron chi connectivity index (χ0n) is 11.2. The van der Waals surface area contributed by atoms with E-state index in [4.69, 9.17) is 16.0 Å². The quantitative estimate of drug-likeness (QED) is 0.552. The van der Waals surface area contributed by atoms with Crippen LogP contribution in [-0.2, 0) is 0 Å². The Kier molecular flexibility index (Phi) is 2.50. The summed E-state index contributed by atoms with van der Waals surface area (Å²) in [6.07, 6.45) is 1.60. The fourth-order valence-electron chi connectivity index (χ4n) is 2.72. The van der Waals surface area contributed by atoms with Crippen LogP contribution in [0.4, 0.5) is 0 Å². The molecule has 0 saturated carbocycles. The molecule has 4 aromatic rings. The molecule has 0 aliphatic rings. The Morgan fingerprint density at radius 1 is 1.14 bits per heavy atom. The number of aromatic amines is 2. The van der Waals surface area contributed by atoms with Crippen LogP contribution in [0.15, 0.2) is 45.8 Å². The monoisotopic (exact) mass is 298 g/mol. The van der Waals surface area contributed by atoms with Crippen LogP contribution >= 0.6 is 11.6 Å². The first-order valence-corrected chi connectivity index (χ1v) is 6.90. The Bertz CT molecular complexity index is 1030. The van der Waals surface area contributed by atoms with Gasteiger partial charge in [-0.1, -0.05) is 11.6 Å². The molecular formula is C16H11ClN2O2. The van der Waals surface area contributed by atoms with Crippen LogP contribution in [0.25, 0.3) is 33.3 Å². The summed E-state index contributed by atoms with van der Waals surface area (Å²) < 4.78 is 5.48. The zero-order chi connectivity index (χ0) is 14.6. The molecule has 3 aromatic heterocycles. The van der Waals surface area contributed by atoms with E-state index in [0.717, 1.165) is 27.5 Å². The Morgan fingerprint density at radius 3 is 2.76 bits per heavy atom. The maximum absolute atomic E-state index is 12.2. The average molecular weight is 299 g/mol. The second-order valence-corrected chi connectivity index (χ2v) is 5.43. The van der Waals surface area contributed by atoms with Gasteiger partial charge in [-0.2, -0.15) is 0 Å². The minimum Gasteiger partial charge on any atom is -0.464 e. The van der Waals surface area contributed by atoms with Crippen LogP contribution in [0.3, 0.4) is 0 Å². The third-order valence-corrected chi connectivity index (χ3v) is 3.97. The molecule has 0 aliphatic heterocycles. The second-order valence-electron chi connectivity index (χ2n) is 5.00. The summed E-state index contributed by atoms with van der Waals surface area (Å²) in [6, 6.07) is 9.21. The first-order valence-electron chi connectivity index (χ1n) is 6.53. The molecule has 0 amide bonds. The normalized spacial score (nSPS) is 11.5. The van der Waals surface area contributed by atoms with Crippen molar-refractivity contribution in [3.8, 4) is 11.3 Å². The van der Waals surface area contributed by atoms with Crippen molar-refractivity contribution in [2.24, 2.45) is 0 Å². The summed E-state index contributed by atoms with van der Waals surface area (Å²) in [6.45, 7) is 1.79. The van der Waals surface area contributed by atoms with Gasteiger partial charge >= 0.3 is 0 Å². The number of pyridine rings is 1. The number of nitrogens with one attached hydrogen (secondary N) is 2. The summed E-state index contributed by atoms with van der Waals surface area (Å²) in [5.74, 6) is 0.668. The molecule has 0 aliphatic carbocycles. The number of benzene rings is 1. The molecule has 1 aromatic carbocycles. The molecule has 0 radical (unpaired) electrons. The van der Waals surface area contributed by atoms with Gasteiger partial charge in [0.2, 0.25) is 0 Å². The first kappa shape index (κ1) is 12.3. The summed E-state index contributed by atoms with van der Waals surface area (Å²) >= 11 is 6.06. The molecule has 3 heterocycles. The van der Waals surface area contributed by atoms with Gasteiger partial charge in [0.05, 0.1) is 22.9 Å². The van der Waals surface area contributed by atoms with E-state index in [1.807, 2.05) is 24.3 Å². The molecule has 4 rings (SSSR count). The molecule has 4 nitrogen and oxygen atoms in total. The molecule has 0 unspecified atom stereocenters. The van der Waals surface area contributed by atoms with Gasteiger partial charge in [-0.15, -0.1) is 0 Å². The summed E-state index contributed by atoms with van der Waals surface area (Å²) in [4.78, 5) is 18.5. The van der Waals surface area contributed by atoms with Crippen LogP contribution in [0.5, 0.6) is 0 Å². The van der Waals surface area contributed by atoms with E-state index >= 15 is 0 Å². The lowest BCUT2D eigenvalue weighted by Crippen LogP contribution is -2.10. The number of hydrogen-bond acceptors (Lipinski definition) is 2. The molecule has 0 saturated heterocycles. The van der Waals surface area contributed by atoms with Gasteiger partial charge in [-0.05, 0) is 37.3 Å². The van der Waals surface area contributed by atoms with Crippen molar-refractivity contribution in [1.29, 1.82) is 0 Å². The number of furan rings is 1. The topological polar surface area (TPSA) is 61.8 Å². The fourth-order valence-corrected chi connectivity index (χ4v) is 2.89. The molecule has 0 fully saturated rings. The van der Waals surface area contributed by atoms with Gasteiger partial charge in [0, 0.05) is 21.5 Å². The van der Waals surface area contributed by atoms with Crippen LogP contribution < -0.4 is 5.56 Å². The van der Waals surface area contributed by atoms with Gasteiger partial charge in [0.1, 0.15) is 5.76 Å². The Morgan fingerprint density at radius 2 is 2.00 bits per heavy atom. The Balaban J connectivity index is 2.25. The van der Waals surface area contributed by atoms with E-state index < -0.39 is 0 Å². The number of fused-ring (bicyclic) bond motifs is 3. The van der Waals surface area contributed by atoms with Gasteiger partial charge < -0.3 is 14.4 Å². The molecule has 0 atom stereocenters. The fraction of sp³-hybridized carbons (Fsp3) is 0.0625. The van der Waals surface area contributed by atoms with Crippen molar-refractivity contribution in [1.82, 2.24) is 9.97 Å².